The second-order valence-corrected chi connectivity index (χ2v) is 3.73. The zero-order valence-corrected chi connectivity index (χ0v) is 8.98. The minimum Gasteiger partial charge on any atom is -0.267 e. The summed E-state index contributed by atoms with van der Waals surface area (Å²) < 4.78 is 19.2. The monoisotopic (exact) mass is 209 g/mol. The van der Waals surface area contributed by atoms with Gasteiger partial charge in [0.1, 0.15) is 0 Å². The Morgan fingerprint density at radius 3 is 2.38 bits per heavy atom. The fourth-order valence-electron chi connectivity index (χ4n) is 1.04. The Labute approximate surface area is 82.6 Å². The molecule has 0 aliphatic rings. The van der Waals surface area contributed by atoms with E-state index in [1.165, 1.54) is 25.7 Å². The minimum absolute atomic E-state index is 0.454. The molecule has 0 aliphatic heterocycles. The Hall–Kier alpha value is 0.0300. The van der Waals surface area contributed by atoms with Crippen LogP contribution in [-0.2, 0) is 19.8 Å². The van der Waals surface area contributed by atoms with Gasteiger partial charge in [0.25, 0.3) is 0 Å². The predicted octanol–water partition coefficient (Wildman–Crippen LogP) is 1.83. The second-order valence-electron chi connectivity index (χ2n) is 2.89. The number of rotatable bonds is 9. The summed E-state index contributed by atoms with van der Waals surface area (Å²) in [6.07, 6.45) is 7.06. The van der Waals surface area contributed by atoms with Crippen LogP contribution in [-0.4, -0.2) is 10.8 Å². The molecule has 0 amide bonds. The molecule has 1 unspecified atom stereocenters. The summed E-state index contributed by atoms with van der Waals surface area (Å²) in [5.41, 5.74) is 0. The van der Waals surface area contributed by atoms with Gasteiger partial charge in [-0.2, -0.15) is 14.4 Å². The zero-order chi connectivity index (χ0) is 9.94. The maximum atomic E-state index is 10.5. The highest BCUT2D eigenvalue weighted by molar-refractivity contribution is 7.75. The van der Waals surface area contributed by atoms with Gasteiger partial charge in [-0.05, 0) is 6.42 Å². The van der Waals surface area contributed by atoms with Crippen LogP contribution in [0.3, 0.4) is 0 Å². The average Bonchev–Trinajstić information content (AvgIpc) is 2.16. The number of nitrogens with two attached hydrogens (primary N) is 1. The summed E-state index contributed by atoms with van der Waals surface area (Å²) >= 11 is -1.76. The highest BCUT2D eigenvalue weighted by Gasteiger charge is 1.96. The SMILES string of the molecule is CCCCCCCCOS(=O)ON. The van der Waals surface area contributed by atoms with E-state index in [0.717, 1.165) is 12.8 Å². The molecule has 0 heterocycles. The van der Waals surface area contributed by atoms with E-state index < -0.39 is 11.4 Å². The Bertz CT molecular complexity index is 133. The van der Waals surface area contributed by atoms with Gasteiger partial charge in [0.05, 0.1) is 6.61 Å². The molecule has 80 valence electrons. The molecule has 5 heteroatoms. The molecule has 0 fully saturated rings. The van der Waals surface area contributed by atoms with Crippen LogP contribution in [0.1, 0.15) is 45.4 Å². The summed E-state index contributed by atoms with van der Waals surface area (Å²) in [5.74, 6) is 4.63. The lowest BCUT2D eigenvalue weighted by molar-refractivity contribution is 0.249. The van der Waals surface area contributed by atoms with E-state index >= 15 is 0 Å². The van der Waals surface area contributed by atoms with Crippen LogP contribution < -0.4 is 5.90 Å². The van der Waals surface area contributed by atoms with Crippen molar-refractivity contribution in [3.8, 4) is 0 Å². The largest absolute Gasteiger partial charge is 0.322 e. The van der Waals surface area contributed by atoms with Crippen molar-refractivity contribution in [2.75, 3.05) is 6.61 Å². The number of hydrogen-bond donors (Lipinski definition) is 1. The van der Waals surface area contributed by atoms with E-state index in [9.17, 15) is 4.21 Å². The third-order valence-electron chi connectivity index (χ3n) is 1.76. The maximum Gasteiger partial charge on any atom is 0.322 e. The molecule has 0 saturated carbocycles. The Morgan fingerprint density at radius 1 is 1.15 bits per heavy atom. The predicted molar refractivity (Wildman–Crippen MR) is 52.7 cm³/mol. The van der Waals surface area contributed by atoms with Crippen LogP contribution in [0.4, 0.5) is 0 Å². The van der Waals surface area contributed by atoms with Gasteiger partial charge in [-0.15, -0.1) is 0 Å². The molecule has 0 aromatic carbocycles. The molecule has 2 N–H and O–H groups in total. The van der Waals surface area contributed by atoms with Gasteiger partial charge in [0.15, 0.2) is 0 Å². The van der Waals surface area contributed by atoms with Gasteiger partial charge in [-0.1, -0.05) is 39.0 Å². The molecule has 1 atom stereocenters. The highest BCUT2D eigenvalue weighted by Crippen LogP contribution is 2.05. The van der Waals surface area contributed by atoms with Crippen molar-refractivity contribution in [3.63, 3.8) is 0 Å². The van der Waals surface area contributed by atoms with Crippen LogP contribution in [0.25, 0.3) is 0 Å². The topological polar surface area (TPSA) is 61.5 Å². The zero-order valence-electron chi connectivity index (χ0n) is 8.16. The fraction of sp³-hybridized carbons (Fsp3) is 1.00. The summed E-state index contributed by atoms with van der Waals surface area (Å²) in [6.45, 7) is 2.64. The summed E-state index contributed by atoms with van der Waals surface area (Å²) in [6, 6.07) is 0. The molecule has 0 bridgehead atoms. The first-order valence-electron chi connectivity index (χ1n) is 4.73. The first-order valence-corrected chi connectivity index (χ1v) is 5.73. The fourth-order valence-corrected chi connectivity index (χ4v) is 1.35. The number of unbranched alkanes of at least 4 members (excludes halogenated alkanes) is 5. The molecule has 0 radical (unpaired) electrons. The van der Waals surface area contributed by atoms with Crippen molar-refractivity contribution >= 4 is 11.4 Å². The van der Waals surface area contributed by atoms with Crippen LogP contribution in [0.15, 0.2) is 0 Å². The van der Waals surface area contributed by atoms with Gasteiger partial charge >= 0.3 is 11.4 Å². The van der Waals surface area contributed by atoms with Crippen molar-refractivity contribution < 1.29 is 12.7 Å². The smallest absolute Gasteiger partial charge is 0.267 e. The minimum atomic E-state index is -1.76. The van der Waals surface area contributed by atoms with Crippen LogP contribution in [0.2, 0.25) is 0 Å². The standard InChI is InChI=1S/C8H19NO3S/c1-2-3-4-5-6-7-8-11-13(10)12-9/h2-9H2,1H3. The van der Waals surface area contributed by atoms with E-state index in [1.807, 2.05) is 0 Å². The third-order valence-corrected chi connectivity index (χ3v) is 2.27. The van der Waals surface area contributed by atoms with Crippen molar-refractivity contribution in [1.82, 2.24) is 0 Å². The molecule has 0 rings (SSSR count). The first-order chi connectivity index (χ1) is 6.31. The molecule has 0 aromatic rings. The molecule has 0 saturated heterocycles. The summed E-state index contributed by atoms with van der Waals surface area (Å²) in [4.78, 5) is 0. The summed E-state index contributed by atoms with van der Waals surface area (Å²) in [5, 5.41) is 0. The lowest BCUT2D eigenvalue weighted by Gasteiger charge is -2.00. The normalized spacial score (nSPS) is 13.1. The second kappa shape index (κ2) is 10.1. The van der Waals surface area contributed by atoms with Gasteiger partial charge in [0.2, 0.25) is 0 Å². The van der Waals surface area contributed by atoms with Gasteiger partial charge < -0.3 is 0 Å². The van der Waals surface area contributed by atoms with Gasteiger partial charge in [0, 0.05) is 0 Å². The van der Waals surface area contributed by atoms with E-state index in [4.69, 9.17) is 4.18 Å². The van der Waals surface area contributed by atoms with Crippen LogP contribution in [0, 0.1) is 0 Å². The average molecular weight is 209 g/mol. The first kappa shape index (κ1) is 13.0. The van der Waals surface area contributed by atoms with Crippen molar-refractivity contribution in [3.05, 3.63) is 0 Å². The number of hydrogen-bond acceptors (Lipinski definition) is 4. The van der Waals surface area contributed by atoms with E-state index in [1.54, 1.807) is 0 Å². The molecule has 0 aromatic heterocycles. The van der Waals surface area contributed by atoms with Crippen molar-refractivity contribution in [2.45, 2.75) is 45.4 Å². The van der Waals surface area contributed by atoms with E-state index in [0.29, 0.717) is 6.61 Å². The van der Waals surface area contributed by atoms with E-state index in [-0.39, 0.29) is 0 Å². The summed E-state index contributed by atoms with van der Waals surface area (Å²) in [7, 11) is 0. The lowest BCUT2D eigenvalue weighted by atomic mass is 10.1. The molecular formula is C8H19NO3S. The Balaban J connectivity index is 2.95. The maximum absolute atomic E-state index is 10.5. The van der Waals surface area contributed by atoms with E-state index in [2.05, 4.69) is 17.1 Å². The quantitative estimate of drug-likeness (QED) is 0.465. The molecule has 0 spiro atoms. The Morgan fingerprint density at radius 2 is 1.77 bits per heavy atom. The van der Waals surface area contributed by atoms with Crippen molar-refractivity contribution in [2.24, 2.45) is 5.90 Å². The molecule has 4 nitrogen and oxygen atoms in total. The van der Waals surface area contributed by atoms with Gasteiger partial charge in [-0.3, -0.25) is 4.18 Å². The van der Waals surface area contributed by atoms with Crippen LogP contribution in [0.5, 0.6) is 0 Å². The Kier molecular flexibility index (Phi) is 10.1. The third kappa shape index (κ3) is 9.95. The molecular weight excluding hydrogens is 190 g/mol. The molecule has 0 aliphatic carbocycles. The molecule has 13 heavy (non-hydrogen) atoms. The lowest BCUT2D eigenvalue weighted by Crippen LogP contribution is -2.07. The van der Waals surface area contributed by atoms with Gasteiger partial charge in [-0.25, -0.2) is 0 Å². The van der Waals surface area contributed by atoms with Crippen LogP contribution >= 0.6 is 0 Å². The van der Waals surface area contributed by atoms with Crippen molar-refractivity contribution in [1.29, 1.82) is 0 Å². The highest BCUT2D eigenvalue weighted by atomic mass is 32.2.